The second-order valence-corrected chi connectivity index (χ2v) is 15.9. The first-order valence-corrected chi connectivity index (χ1v) is 18.1. The Bertz CT molecular complexity index is 1510. The second kappa shape index (κ2) is 15.2. The summed E-state index contributed by atoms with van der Waals surface area (Å²) in [6.07, 6.45) is 9.49. The minimum absolute atomic E-state index is 0.0162. The zero-order chi connectivity index (χ0) is 36.5. The first-order valence-electron chi connectivity index (χ1n) is 18.1. The van der Waals surface area contributed by atoms with Gasteiger partial charge >= 0.3 is 5.97 Å². The largest absolute Gasteiger partial charge is 0.595 e. The Morgan fingerprint density at radius 2 is 1.80 bits per heavy atom. The standard InChI is InChI=1S/C37H55N5O8/c1-21(20-38-23(3)43)7-12-34(45)22(2)35-32(40-39-31-11-9-26(41(46)47)18-33(31)42(48)49)19-30-28-10-8-25-17-27(50-24(4)44)13-15-36(25,5)29(28)14-16-37(30,35)6/h8-9,11,18,21-22,27-30,35,39,41-42,46,48H,7,10,12-17,19-20H2,1-6H3,(H,38,43)/t21-,22+,27+,28+,29+,30-,35+,36+,37+/m1/s1. The molecule has 2 unspecified atom stereocenters. The monoisotopic (exact) mass is 697 g/mol. The molecule has 0 aromatic heterocycles. The molecule has 0 bridgehead atoms. The van der Waals surface area contributed by atoms with E-state index in [4.69, 9.17) is 9.84 Å². The number of quaternary nitrogens is 2. The number of hydrazone groups is 1. The number of carbonyl (C=O) groups excluding carboxylic acids is 3. The van der Waals surface area contributed by atoms with Crippen LogP contribution in [0.3, 0.4) is 0 Å². The predicted octanol–water partition coefficient (Wildman–Crippen LogP) is 4.14. The summed E-state index contributed by atoms with van der Waals surface area (Å²) in [5, 5.41) is 48.2. The molecular formula is C37H55N5O8. The van der Waals surface area contributed by atoms with Crippen molar-refractivity contribution in [2.45, 2.75) is 105 Å². The Kier molecular flexibility index (Phi) is 11.6. The van der Waals surface area contributed by atoms with Crippen LogP contribution in [-0.4, -0.2) is 46.4 Å². The van der Waals surface area contributed by atoms with E-state index in [0.717, 1.165) is 50.3 Å². The van der Waals surface area contributed by atoms with Crippen LogP contribution in [0.4, 0.5) is 17.1 Å². The third-order valence-corrected chi connectivity index (χ3v) is 12.7. The molecule has 3 saturated carbocycles. The van der Waals surface area contributed by atoms with Crippen molar-refractivity contribution in [3.8, 4) is 0 Å². The van der Waals surface area contributed by atoms with Crippen LogP contribution in [-0.2, 0) is 19.1 Å². The fraction of sp³-hybridized carbons (Fsp3) is 0.676. The van der Waals surface area contributed by atoms with E-state index in [2.05, 4.69) is 30.7 Å². The van der Waals surface area contributed by atoms with E-state index in [1.165, 1.54) is 31.6 Å². The van der Waals surface area contributed by atoms with Crippen LogP contribution in [0, 0.1) is 56.8 Å². The minimum Gasteiger partial charge on any atom is -0.595 e. The minimum atomic E-state index is -1.26. The summed E-state index contributed by atoms with van der Waals surface area (Å²) in [5.41, 5.74) is 4.91. The Balaban J connectivity index is 1.45. The van der Waals surface area contributed by atoms with Crippen molar-refractivity contribution in [1.82, 2.24) is 5.32 Å². The van der Waals surface area contributed by atoms with Gasteiger partial charge in [0.1, 0.15) is 17.6 Å². The van der Waals surface area contributed by atoms with Gasteiger partial charge in [-0.15, -0.1) is 0 Å². The number of rotatable bonds is 12. The van der Waals surface area contributed by atoms with Gasteiger partial charge in [0.15, 0.2) is 11.4 Å². The highest BCUT2D eigenvalue weighted by Crippen LogP contribution is 2.66. The zero-order valence-electron chi connectivity index (χ0n) is 30.2. The maximum absolute atomic E-state index is 13.9. The number of benzene rings is 1. The molecule has 13 nitrogen and oxygen atoms in total. The molecule has 0 aliphatic heterocycles. The van der Waals surface area contributed by atoms with Crippen LogP contribution in [0.5, 0.6) is 0 Å². The lowest BCUT2D eigenvalue weighted by molar-refractivity contribution is -0.996. The molecule has 1 aromatic rings. The number of fused-ring (bicyclic) bond motifs is 5. The zero-order valence-corrected chi connectivity index (χ0v) is 30.2. The lowest BCUT2D eigenvalue weighted by atomic mass is 9.47. The van der Waals surface area contributed by atoms with Gasteiger partial charge in [-0.3, -0.25) is 19.8 Å². The average Bonchev–Trinajstić information content (AvgIpc) is 3.36. The molecule has 0 spiro atoms. The molecule has 3 fully saturated rings. The molecule has 11 atom stereocenters. The third-order valence-electron chi connectivity index (χ3n) is 12.7. The summed E-state index contributed by atoms with van der Waals surface area (Å²) in [4.78, 5) is 37.1. The van der Waals surface area contributed by atoms with Gasteiger partial charge in [-0.05, 0) is 85.5 Å². The molecule has 13 heteroatoms. The lowest BCUT2D eigenvalue weighted by Gasteiger charge is -2.58. The van der Waals surface area contributed by atoms with Crippen LogP contribution in [0.1, 0.15) is 99.3 Å². The topological polar surface area (TPSA) is 192 Å². The fourth-order valence-electron chi connectivity index (χ4n) is 10.1. The summed E-state index contributed by atoms with van der Waals surface area (Å²) in [6, 6.07) is 3.91. The quantitative estimate of drug-likeness (QED) is 0.106. The van der Waals surface area contributed by atoms with Gasteiger partial charge in [0.2, 0.25) is 5.91 Å². The molecule has 1 aromatic carbocycles. The van der Waals surface area contributed by atoms with Gasteiger partial charge in [0, 0.05) is 56.8 Å². The van der Waals surface area contributed by atoms with Crippen molar-refractivity contribution in [1.29, 1.82) is 0 Å². The number of hydrogen-bond donors (Lipinski definition) is 6. The number of nitrogens with zero attached hydrogens (tertiary/aromatic N) is 1. The summed E-state index contributed by atoms with van der Waals surface area (Å²) in [6.45, 7) is 12.2. The normalized spacial score (nSPS) is 33.5. The molecule has 50 heavy (non-hydrogen) atoms. The van der Waals surface area contributed by atoms with E-state index in [0.29, 0.717) is 37.6 Å². The predicted molar refractivity (Wildman–Crippen MR) is 186 cm³/mol. The van der Waals surface area contributed by atoms with Crippen LogP contribution >= 0.6 is 0 Å². The maximum atomic E-state index is 13.9. The number of ether oxygens (including phenoxy) is 1. The van der Waals surface area contributed by atoms with Crippen molar-refractivity contribution in [2.24, 2.45) is 51.4 Å². The summed E-state index contributed by atoms with van der Waals surface area (Å²) < 4.78 is 5.63. The Labute approximate surface area is 294 Å². The SMILES string of the molecule is CC(=O)NC[C@H](C)CCC(=O)[C@H](C)[C@H]1C(=NNc2ccc([NH+]([O-])O)cc2[NH+]([O-])O)C[C@@H]2[C@H]3CC=C4C[C@@H](OC(C)=O)CC[C@]4(C)[C@H]3CC[C@@]21C. The van der Waals surface area contributed by atoms with E-state index in [1.807, 2.05) is 13.8 Å². The highest BCUT2D eigenvalue weighted by atomic mass is 16.8. The Morgan fingerprint density at radius 1 is 1.06 bits per heavy atom. The van der Waals surface area contributed by atoms with Gasteiger partial charge in [-0.2, -0.15) is 15.6 Å². The van der Waals surface area contributed by atoms with Crippen molar-refractivity contribution in [2.75, 3.05) is 12.0 Å². The van der Waals surface area contributed by atoms with E-state index >= 15 is 0 Å². The van der Waals surface area contributed by atoms with Crippen LogP contribution in [0.2, 0.25) is 0 Å². The van der Waals surface area contributed by atoms with E-state index in [9.17, 15) is 35.2 Å². The van der Waals surface area contributed by atoms with Crippen LogP contribution in [0.15, 0.2) is 34.9 Å². The first kappa shape index (κ1) is 38.0. The molecular weight excluding hydrogens is 642 g/mol. The molecule has 6 N–H and O–H groups in total. The highest BCUT2D eigenvalue weighted by molar-refractivity contribution is 5.96. The molecule has 276 valence electrons. The van der Waals surface area contributed by atoms with Crippen LogP contribution in [0.25, 0.3) is 0 Å². The number of nitrogens with one attached hydrogen (secondary N) is 4. The number of amides is 1. The van der Waals surface area contributed by atoms with Gasteiger partial charge in [0.05, 0.1) is 6.07 Å². The van der Waals surface area contributed by atoms with E-state index in [-0.39, 0.29) is 75.3 Å². The number of esters is 1. The number of ketones is 1. The van der Waals surface area contributed by atoms with E-state index in [1.54, 1.807) is 0 Å². The number of Topliss-reactive ketones (excluding diaryl/α,β-unsaturated/α-hetero) is 1. The molecule has 0 radical (unpaired) electrons. The number of carbonyl (C=O) groups is 3. The molecule has 0 heterocycles. The lowest BCUT2D eigenvalue weighted by Crippen LogP contribution is -3.00. The maximum Gasteiger partial charge on any atom is 0.302 e. The summed E-state index contributed by atoms with van der Waals surface area (Å²) in [7, 11) is 0. The molecule has 4 aliphatic rings. The molecule has 1 amide bonds. The molecule has 0 saturated heterocycles. The third kappa shape index (κ3) is 7.68. The number of hydrogen-bond acceptors (Lipinski definition) is 10. The van der Waals surface area contributed by atoms with Crippen molar-refractivity contribution < 1.29 is 40.0 Å². The fourth-order valence-corrected chi connectivity index (χ4v) is 10.1. The number of anilines is 1. The van der Waals surface area contributed by atoms with Gasteiger partial charge in [0.25, 0.3) is 0 Å². The molecule has 4 aliphatic carbocycles. The number of allylic oxidation sites excluding steroid dienone is 1. The van der Waals surface area contributed by atoms with Crippen molar-refractivity contribution in [3.63, 3.8) is 0 Å². The van der Waals surface area contributed by atoms with Gasteiger partial charge in [-0.25, -0.2) is 10.4 Å². The Morgan fingerprint density at radius 3 is 2.46 bits per heavy atom. The van der Waals surface area contributed by atoms with Gasteiger partial charge in [-0.1, -0.05) is 39.3 Å². The highest BCUT2D eigenvalue weighted by Gasteiger charge is 2.62. The summed E-state index contributed by atoms with van der Waals surface area (Å²) >= 11 is 0. The van der Waals surface area contributed by atoms with Crippen molar-refractivity contribution >= 4 is 40.4 Å². The molecule has 5 rings (SSSR count). The summed E-state index contributed by atoms with van der Waals surface area (Å²) in [5.74, 6) is 0.576. The second-order valence-electron chi connectivity index (χ2n) is 15.9. The van der Waals surface area contributed by atoms with Gasteiger partial charge < -0.3 is 20.5 Å². The van der Waals surface area contributed by atoms with Crippen molar-refractivity contribution in [3.05, 3.63) is 40.3 Å². The van der Waals surface area contributed by atoms with E-state index < -0.39 is 10.5 Å². The average molecular weight is 698 g/mol. The first-order chi connectivity index (χ1) is 23.5. The Hall–Kier alpha value is -3.20. The van der Waals surface area contributed by atoms with Crippen LogP contribution < -0.4 is 21.2 Å². The smallest absolute Gasteiger partial charge is 0.302 e.